The van der Waals surface area contributed by atoms with Crippen LogP contribution in [0.2, 0.25) is 0 Å². The van der Waals surface area contributed by atoms with Gasteiger partial charge in [-0.15, -0.1) is 0 Å². The molecule has 1 aromatic heterocycles. The second kappa shape index (κ2) is 10.9. The van der Waals surface area contributed by atoms with Crippen molar-refractivity contribution in [1.29, 1.82) is 0 Å². The van der Waals surface area contributed by atoms with Gasteiger partial charge in [-0.05, 0) is 69.4 Å². The first kappa shape index (κ1) is 24.1. The van der Waals surface area contributed by atoms with Gasteiger partial charge in [-0.2, -0.15) is 0 Å². The topological polar surface area (TPSA) is 45.6 Å². The molecule has 2 fully saturated rings. The van der Waals surface area contributed by atoms with Crippen LogP contribution in [-0.4, -0.2) is 44.8 Å². The van der Waals surface area contributed by atoms with Gasteiger partial charge in [-0.1, -0.05) is 47.3 Å². The molecule has 0 unspecified atom stereocenters. The number of halogens is 1. The van der Waals surface area contributed by atoms with Gasteiger partial charge in [-0.3, -0.25) is 9.59 Å². The highest BCUT2D eigenvalue weighted by atomic mass is 79.9. The summed E-state index contributed by atoms with van der Waals surface area (Å²) in [4.78, 5) is 30.4. The van der Waals surface area contributed by atoms with E-state index < -0.39 is 0 Å². The molecule has 0 radical (unpaired) electrons. The van der Waals surface area contributed by atoms with Crippen molar-refractivity contribution >= 4 is 27.7 Å². The molecule has 0 atom stereocenters. The van der Waals surface area contributed by atoms with Crippen molar-refractivity contribution in [1.82, 2.24) is 14.4 Å². The Balaban J connectivity index is 1.51. The lowest BCUT2D eigenvalue weighted by molar-refractivity contribution is -0.144. The van der Waals surface area contributed by atoms with E-state index in [0.717, 1.165) is 42.4 Å². The van der Waals surface area contributed by atoms with Gasteiger partial charge in [0, 0.05) is 40.9 Å². The third-order valence-corrected chi connectivity index (χ3v) is 7.53. The van der Waals surface area contributed by atoms with E-state index in [4.69, 9.17) is 0 Å². The van der Waals surface area contributed by atoms with Gasteiger partial charge in [0.2, 0.25) is 11.8 Å². The summed E-state index contributed by atoms with van der Waals surface area (Å²) in [6, 6.07) is 12.9. The molecule has 33 heavy (non-hydrogen) atoms. The van der Waals surface area contributed by atoms with Crippen LogP contribution in [0.3, 0.4) is 0 Å². The number of nitrogens with zero attached hydrogens (tertiary/aromatic N) is 3. The standard InChI is InChI=1S/C27H36BrN3O2/c1-20(2)30(27(33)22-12-13-22)19-26(32)31(24-7-4-3-5-8-24)18-25-9-6-16-29(25)17-21-10-14-23(28)15-11-21/h6,9-11,14-16,20,22,24H,3-5,7-8,12-13,17-19H2,1-2H3. The summed E-state index contributed by atoms with van der Waals surface area (Å²) in [6.45, 7) is 5.60. The number of rotatable bonds is 9. The van der Waals surface area contributed by atoms with Crippen LogP contribution in [0.25, 0.3) is 0 Å². The number of benzene rings is 1. The van der Waals surface area contributed by atoms with E-state index in [1.807, 2.05) is 13.8 Å². The Bertz CT molecular complexity index is 943. The van der Waals surface area contributed by atoms with Crippen LogP contribution in [-0.2, 0) is 22.7 Å². The Kier molecular flexibility index (Phi) is 7.94. The number of carbonyl (C=O) groups excluding carboxylic acids is 2. The van der Waals surface area contributed by atoms with Gasteiger partial charge in [-0.25, -0.2) is 0 Å². The highest BCUT2D eigenvalue weighted by Gasteiger charge is 2.36. The first-order valence-corrected chi connectivity index (χ1v) is 13.2. The molecule has 4 rings (SSSR count). The molecule has 178 valence electrons. The number of carbonyl (C=O) groups is 2. The monoisotopic (exact) mass is 513 g/mol. The van der Waals surface area contributed by atoms with Gasteiger partial charge in [0.05, 0.1) is 6.54 Å². The van der Waals surface area contributed by atoms with E-state index in [-0.39, 0.29) is 36.4 Å². The average Bonchev–Trinajstić information content (AvgIpc) is 3.58. The minimum atomic E-state index is 0.0384. The van der Waals surface area contributed by atoms with E-state index in [9.17, 15) is 9.59 Å². The maximum absolute atomic E-state index is 13.7. The third-order valence-electron chi connectivity index (χ3n) is 7.00. The Morgan fingerprint density at radius 1 is 1.03 bits per heavy atom. The van der Waals surface area contributed by atoms with E-state index in [1.165, 1.54) is 24.8 Å². The molecule has 0 bridgehead atoms. The fraction of sp³-hybridized carbons (Fsp3) is 0.556. The molecule has 1 heterocycles. The van der Waals surface area contributed by atoms with Crippen molar-refractivity contribution in [3.8, 4) is 0 Å². The second-order valence-electron chi connectivity index (χ2n) is 9.90. The maximum Gasteiger partial charge on any atom is 0.242 e. The van der Waals surface area contributed by atoms with Crippen molar-refractivity contribution < 1.29 is 9.59 Å². The molecule has 0 N–H and O–H groups in total. The average molecular weight is 515 g/mol. The summed E-state index contributed by atoms with van der Waals surface area (Å²) < 4.78 is 3.31. The smallest absolute Gasteiger partial charge is 0.242 e. The summed E-state index contributed by atoms with van der Waals surface area (Å²) >= 11 is 3.50. The number of hydrogen-bond donors (Lipinski definition) is 0. The minimum absolute atomic E-state index is 0.0384. The van der Waals surface area contributed by atoms with Gasteiger partial charge in [0.15, 0.2) is 0 Å². The molecule has 2 aromatic rings. The van der Waals surface area contributed by atoms with E-state index >= 15 is 0 Å². The molecule has 2 saturated carbocycles. The second-order valence-corrected chi connectivity index (χ2v) is 10.8. The molecule has 0 spiro atoms. The zero-order valence-electron chi connectivity index (χ0n) is 19.9. The van der Waals surface area contributed by atoms with Crippen molar-refractivity contribution in [2.24, 2.45) is 5.92 Å². The van der Waals surface area contributed by atoms with Crippen molar-refractivity contribution in [2.75, 3.05) is 6.54 Å². The largest absolute Gasteiger partial charge is 0.345 e. The van der Waals surface area contributed by atoms with Gasteiger partial charge >= 0.3 is 0 Å². The lowest BCUT2D eigenvalue weighted by atomic mass is 9.94. The fourth-order valence-electron chi connectivity index (χ4n) is 4.84. The Morgan fingerprint density at radius 3 is 2.36 bits per heavy atom. The van der Waals surface area contributed by atoms with Crippen molar-refractivity contribution in [2.45, 2.75) is 84.0 Å². The zero-order chi connectivity index (χ0) is 23.4. The Labute approximate surface area is 206 Å². The summed E-state index contributed by atoms with van der Waals surface area (Å²) in [5, 5.41) is 0. The molecule has 1 aromatic carbocycles. The summed E-state index contributed by atoms with van der Waals surface area (Å²) in [5.74, 6) is 0.369. The molecule has 0 aliphatic heterocycles. The molecule has 5 nitrogen and oxygen atoms in total. The molecular weight excluding hydrogens is 478 g/mol. The lowest BCUT2D eigenvalue weighted by Gasteiger charge is -2.37. The molecule has 0 saturated heterocycles. The van der Waals surface area contributed by atoms with Crippen LogP contribution in [0.4, 0.5) is 0 Å². The maximum atomic E-state index is 13.7. The van der Waals surface area contributed by atoms with E-state index in [0.29, 0.717) is 6.54 Å². The molecule has 2 amide bonds. The highest BCUT2D eigenvalue weighted by Crippen LogP contribution is 2.32. The quantitative estimate of drug-likeness (QED) is 0.437. The molecule has 6 heteroatoms. The number of aromatic nitrogens is 1. The predicted octanol–water partition coefficient (Wildman–Crippen LogP) is 5.61. The normalized spacial score (nSPS) is 16.7. The van der Waals surface area contributed by atoms with Crippen LogP contribution in [0, 0.1) is 5.92 Å². The Hall–Kier alpha value is -2.08. The van der Waals surface area contributed by atoms with Crippen LogP contribution in [0.15, 0.2) is 47.1 Å². The molecular formula is C27H36BrN3O2. The van der Waals surface area contributed by atoms with Crippen LogP contribution >= 0.6 is 15.9 Å². The fourth-order valence-corrected chi connectivity index (χ4v) is 5.10. The first-order valence-electron chi connectivity index (χ1n) is 12.4. The van der Waals surface area contributed by atoms with E-state index in [2.05, 4.69) is 68.0 Å². The highest BCUT2D eigenvalue weighted by molar-refractivity contribution is 9.10. The Morgan fingerprint density at radius 2 is 1.73 bits per heavy atom. The summed E-state index contributed by atoms with van der Waals surface area (Å²) in [7, 11) is 0. The SMILES string of the molecule is CC(C)N(CC(=O)N(Cc1cccn1Cc1ccc(Br)cc1)C1CCCCC1)C(=O)C1CC1. The molecule has 2 aliphatic rings. The lowest BCUT2D eigenvalue weighted by Crippen LogP contribution is -2.49. The van der Waals surface area contributed by atoms with Crippen molar-refractivity contribution in [3.05, 3.63) is 58.3 Å². The van der Waals surface area contributed by atoms with Crippen LogP contribution in [0.1, 0.15) is 70.1 Å². The first-order chi connectivity index (χ1) is 15.9. The summed E-state index contributed by atoms with van der Waals surface area (Å²) in [5.41, 5.74) is 2.37. The zero-order valence-corrected chi connectivity index (χ0v) is 21.5. The van der Waals surface area contributed by atoms with Gasteiger partial charge in [0.25, 0.3) is 0 Å². The number of amides is 2. The minimum Gasteiger partial charge on any atom is -0.345 e. The molecule has 2 aliphatic carbocycles. The third kappa shape index (κ3) is 6.28. The van der Waals surface area contributed by atoms with Crippen LogP contribution in [0.5, 0.6) is 0 Å². The van der Waals surface area contributed by atoms with Gasteiger partial charge < -0.3 is 14.4 Å². The number of hydrogen-bond acceptors (Lipinski definition) is 2. The summed E-state index contributed by atoms with van der Waals surface area (Å²) in [6.07, 6.45) is 9.72. The van der Waals surface area contributed by atoms with E-state index in [1.54, 1.807) is 4.90 Å². The predicted molar refractivity (Wildman–Crippen MR) is 135 cm³/mol. The van der Waals surface area contributed by atoms with Gasteiger partial charge in [0.1, 0.15) is 6.54 Å². The van der Waals surface area contributed by atoms with Crippen LogP contribution < -0.4 is 0 Å². The van der Waals surface area contributed by atoms with Crippen molar-refractivity contribution in [3.63, 3.8) is 0 Å².